The third-order valence-electron chi connectivity index (χ3n) is 0. The van der Waals surface area contributed by atoms with Gasteiger partial charge >= 0.3 is 56.1 Å². The van der Waals surface area contributed by atoms with Crippen LogP contribution in [0.3, 0.4) is 0 Å². The Morgan fingerprint density at radius 3 is 1.25 bits per heavy atom. The van der Waals surface area contributed by atoms with Crippen LogP contribution < -0.4 is 0 Å². The van der Waals surface area contributed by atoms with Gasteiger partial charge in [0.25, 0.3) is 0 Å². The van der Waals surface area contributed by atoms with Gasteiger partial charge in [0.05, 0.1) is 0 Å². The summed E-state index contributed by atoms with van der Waals surface area (Å²) in [5.41, 5.74) is 0. The van der Waals surface area contributed by atoms with Crippen LogP contribution in [0.25, 0.3) is 0 Å². The van der Waals surface area contributed by atoms with E-state index in [0.29, 0.717) is 0 Å². The molecule has 0 saturated carbocycles. The number of hydrogen-bond donors (Lipinski definition) is 0. The Balaban J connectivity index is 0. The molecule has 22 valence electrons. The molecule has 0 aromatic heterocycles. The molecule has 0 radical (unpaired) electrons. The summed E-state index contributed by atoms with van der Waals surface area (Å²) in [7, 11) is 8.18. The van der Waals surface area contributed by atoms with E-state index in [2.05, 4.69) is 19.5 Å². The molecule has 0 aromatic rings. The molecule has 4 heteroatoms. The van der Waals surface area contributed by atoms with Gasteiger partial charge in [-0.3, -0.25) is 0 Å². The Morgan fingerprint density at radius 2 is 1.25 bits per heavy atom. The van der Waals surface area contributed by atoms with Crippen molar-refractivity contribution in [3.8, 4) is 0 Å². The van der Waals surface area contributed by atoms with Gasteiger partial charge in [0, 0.05) is 0 Å². The summed E-state index contributed by atoms with van der Waals surface area (Å²) in [5.74, 6) is 0. The first kappa shape index (κ1) is 9.28. The molecule has 0 rings (SSSR count). The number of rotatable bonds is 0. The van der Waals surface area contributed by atoms with Crippen LogP contribution in [0.4, 0.5) is 0 Å². The van der Waals surface area contributed by atoms with E-state index >= 15 is 0 Å². The first-order valence-corrected chi connectivity index (χ1v) is 5.48. The standard InChI is InChI=1S/Mo.2S.Ti. The van der Waals surface area contributed by atoms with Crippen LogP contribution in [-0.4, -0.2) is 0 Å². The molecule has 0 N–H and O–H groups in total. The average Bonchev–Trinajstić information content (AvgIpc) is 1.50. The van der Waals surface area contributed by atoms with Crippen molar-refractivity contribution in [2.24, 2.45) is 0 Å². The van der Waals surface area contributed by atoms with E-state index in [0.717, 1.165) is 0 Å². The van der Waals surface area contributed by atoms with Crippen LogP contribution in [-0.2, 0) is 36.6 Å². The van der Waals surface area contributed by atoms with Crippen molar-refractivity contribution in [2.75, 3.05) is 0 Å². The maximum absolute atomic E-state index is 4.09. The van der Waals surface area contributed by atoms with Gasteiger partial charge in [-0.25, -0.2) is 0 Å². The second-order valence-corrected chi connectivity index (χ2v) is 0. The Hall–Kier alpha value is 1.84. The van der Waals surface area contributed by atoms with Crippen molar-refractivity contribution < 1.29 is 36.6 Å². The predicted octanol–water partition coefficient (Wildman–Crippen LogP) is 1.29. The van der Waals surface area contributed by atoms with Crippen molar-refractivity contribution in [2.45, 2.75) is 0 Å². The fourth-order valence-electron chi connectivity index (χ4n) is 0. The van der Waals surface area contributed by atoms with E-state index in [4.69, 9.17) is 0 Å². The van der Waals surface area contributed by atoms with Crippen LogP contribution in [0.1, 0.15) is 0 Å². The molecule has 0 aliphatic heterocycles. The molecule has 0 aliphatic carbocycles. The minimum absolute atomic E-state index is 1.53. The van der Waals surface area contributed by atoms with Gasteiger partial charge in [-0.2, -0.15) is 0 Å². The fourth-order valence-corrected chi connectivity index (χ4v) is 0. The minimum atomic E-state index is 1.53. The summed E-state index contributed by atoms with van der Waals surface area (Å²) in [5, 5.41) is 0. The second-order valence-electron chi connectivity index (χ2n) is 0. The molecule has 0 aromatic carbocycles. The zero-order valence-electron chi connectivity index (χ0n) is 1.72. The summed E-state index contributed by atoms with van der Waals surface area (Å²) < 4.78 is 0. The van der Waals surface area contributed by atoms with Crippen LogP contribution in [0.2, 0.25) is 0 Å². The van der Waals surface area contributed by atoms with E-state index in [1.165, 1.54) is 18.0 Å². The first-order valence-electron chi connectivity index (χ1n) is 0.371. The Morgan fingerprint density at radius 1 is 1.25 bits per heavy atom. The third kappa shape index (κ3) is 9.15. The molecule has 0 amide bonds. The van der Waals surface area contributed by atoms with E-state index < -0.39 is 0 Å². The summed E-state index contributed by atoms with van der Waals surface area (Å²) in [4.78, 5) is 0. The van der Waals surface area contributed by atoms with Gasteiger partial charge in [-0.15, -0.1) is 0 Å². The topological polar surface area (TPSA) is 0 Å². The molecule has 0 bridgehead atoms. The van der Waals surface area contributed by atoms with Crippen LogP contribution in [0.5, 0.6) is 0 Å². The molecular formula is MoS2Ti. The van der Waals surface area contributed by atoms with E-state index in [1.807, 2.05) is 0 Å². The Labute approximate surface area is 55.5 Å². The molecule has 0 spiro atoms. The summed E-state index contributed by atoms with van der Waals surface area (Å²) in [6.45, 7) is 0. The summed E-state index contributed by atoms with van der Waals surface area (Å²) >= 11 is 3.12. The van der Waals surface area contributed by atoms with E-state index in [-0.39, 0.29) is 0 Å². The van der Waals surface area contributed by atoms with Gasteiger partial charge in [0.2, 0.25) is 0 Å². The molecule has 0 heterocycles. The van der Waals surface area contributed by atoms with Gasteiger partial charge in [0.1, 0.15) is 0 Å². The Bertz CT molecular complexity index is 8.00. The zero-order valence-corrected chi connectivity index (χ0v) is 6.93. The van der Waals surface area contributed by atoms with Crippen molar-refractivity contribution in [1.82, 2.24) is 0 Å². The molecule has 0 unspecified atom stereocenters. The quantitative estimate of drug-likeness (QED) is 0.550. The molecule has 0 nitrogen and oxygen atoms in total. The van der Waals surface area contributed by atoms with Crippen molar-refractivity contribution in [1.29, 1.82) is 0 Å². The summed E-state index contributed by atoms with van der Waals surface area (Å²) in [6, 6.07) is 0. The average molecular weight is 208 g/mol. The van der Waals surface area contributed by atoms with Gasteiger partial charge in [0.15, 0.2) is 0 Å². The fraction of sp³-hybridized carbons (Fsp3) is 0. The van der Waals surface area contributed by atoms with E-state index in [9.17, 15) is 0 Å². The monoisotopic (exact) mass is 210 g/mol. The molecule has 0 atom stereocenters. The zero-order chi connectivity index (χ0) is 4.00. The van der Waals surface area contributed by atoms with Gasteiger partial charge < -0.3 is 0 Å². The normalized spacial score (nSPS) is 1.75. The first-order chi connectivity index (χ1) is 2.00. The van der Waals surface area contributed by atoms with Gasteiger partial charge in [-0.1, -0.05) is 0 Å². The third-order valence-corrected chi connectivity index (χ3v) is 0. The molecule has 4 heavy (non-hydrogen) atoms. The Kier molecular flexibility index (Phi) is 48.9. The molecule has 0 fully saturated rings. The summed E-state index contributed by atoms with van der Waals surface area (Å²) in [6.07, 6.45) is 0. The number of hydrogen-bond acceptors (Lipinski definition) is 2. The predicted molar refractivity (Wildman–Crippen MR) is 15.2 cm³/mol. The molecule has 0 saturated heterocycles. The van der Waals surface area contributed by atoms with Crippen LogP contribution >= 0.6 is 19.5 Å². The van der Waals surface area contributed by atoms with E-state index in [1.54, 1.807) is 18.6 Å². The van der Waals surface area contributed by atoms with Crippen LogP contribution in [0.15, 0.2) is 0 Å². The molecule has 0 aliphatic rings. The van der Waals surface area contributed by atoms with Crippen molar-refractivity contribution in [3.05, 3.63) is 0 Å². The SMILES string of the molecule is [S]=[Mo].[S]=[Ti]. The second kappa shape index (κ2) is 21.1. The van der Waals surface area contributed by atoms with Crippen LogP contribution in [0, 0.1) is 0 Å². The van der Waals surface area contributed by atoms with Crippen molar-refractivity contribution in [3.63, 3.8) is 0 Å². The van der Waals surface area contributed by atoms with Gasteiger partial charge in [-0.05, 0) is 0 Å². The molecular weight excluding hydrogens is 208 g/mol. The van der Waals surface area contributed by atoms with Crippen molar-refractivity contribution >= 4 is 19.5 Å². The maximum atomic E-state index is 4.09.